The maximum atomic E-state index is 13.8. The largest absolute Gasteiger partial charge is 0.277 e. The van der Waals surface area contributed by atoms with Crippen molar-refractivity contribution < 1.29 is 17.7 Å². The van der Waals surface area contributed by atoms with Gasteiger partial charge in [-0.15, -0.1) is 0 Å². The fourth-order valence-electron chi connectivity index (χ4n) is 1.99. The Kier molecular flexibility index (Phi) is 4.14. The van der Waals surface area contributed by atoms with Gasteiger partial charge in [0.1, 0.15) is 5.82 Å². The smallest absolute Gasteiger partial charge is 0.273 e. The molecule has 0 aliphatic carbocycles. The van der Waals surface area contributed by atoms with E-state index < -0.39 is 20.8 Å². The molecule has 0 fully saturated rings. The van der Waals surface area contributed by atoms with Gasteiger partial charge in [0.2, 0.25) is 0 Å². The van der Waals surface area contributed by atoms with E-state index in [1.165, 1.54) is 37.3 Å². The van der Waals surface area contributed by atoms with Gasteiger partial charge >= 0.3 is 0 Å². The lowest BCUT2D eigenvalue weighted by Crippen LogP contribution is -2.15. The van der Waals surface area contributed by atoms with Gasteiger partial charge in [-0.25, -0.2) is 12.8 Å². The molecule has 0 aliphatic rings. The third-order valence-electron chi connectivity index (χ3n) is 3.11. The van der Waals surface area contributed by atoms with Crippen LogP contribution >= 0.6 is 0 Å². The summed E-state index contributed by atoms with van der Waals surface area (Å²) < 4.78 is 40.5. The molecule has 6 nitrogen and oxygen atoms in total. The Morgan fingerprint density at radius 1 is 1.18 bits per heavy atom. The van der Waals surface area contributed by atoms with Crippen LogP contribution in [0.5, 0.6) is 0 Å². The Hall–Kier alpha value is -2.48. The highest BCUT2D eigenvalue weighted by Crippen LogP contribution is 2.27. The van der Waals surface area contributed by atoms with Gasteiger partial charge in [0.25, 0.3) is 15.7 Å². The predicted molar refractivity (Wildman–Crippen MR) is 79.8 cm³/mol. The van der Waals surface area contributed by atoms with E-state index in [0.717, 1.165) is 0 Å². The molecule has 2 aromatic rings. The lowest BCUT2D eigenvalue weighted by atomic mass is 10.2. The predicted octanol–water partition coefficient (Wildman–Crippen LogP) is 3.15. The molecule has 1 N–H and O–H groups in total. The van der Waals surface area contributed by atoms with Gasteiger partial charge in [0, 0.05) is 11.6 Å². The molecule has 0 amide bonds. The Balaban J connectivity index is 2.47. The second-order valence-electron chi connectivity index (χ2n) is 4.75. The molecule has 0 aliphatic heterocycles. The van der Waals surface area contributed by atoms with Crippen molar-refractivity contribution in [3.05, 3.63) is 63.5 Å². The number of hydrogen-bond donors (Lipinski definition) is 1. The molecule has 2 aromatic carbocycles. The first kappa shape index (κ1) is 15.9. The summed E-state index contributed by atoms with van der Waals surface area (Å²) in [5.41, 5.74) is 0.114. The third-order valence-corrected chi connectivity index (χ3v) is 4.62. The number of hydrogen-bond acceptors (Lipinski definition) is 4. The molecular weight excluding hydrogens is 311 g/mol. The van der Waals surface area contributed by atoms with Crippen LogP contribution in [-0.4, -0.2) is 13.3 Å². The summed E-state index contributed by atoms with van der Waals surface area (Å²) in [5, 5.41) is 10.9. The maximum Gasteiger partial charge on any atom is 0.273 e. The molecule has 0 bridgehead atoms. The summed E-state index contributed by atoms with van der Waals surface area (Å²) in [5.74, 6) is -0.716. The molecule has 0 aromatic heterocycles. The summed E-state index contributed by atoms with van der Waals surface area (Å²) in [6, 6.07) is 7.76. The number of nitro groups is 1. The number of nitro benzene ring substituents is 1. The van der Waals surface area contributed by atoms with Crippen LogP contribution in [-0.2, 0) is 10.0 Å². The number of benzene rings is 2. The summed E-state index contributed by atoms with van der Waals surface area (Å²) in [4.78, 5) is 9.95. The molecule has 0 atom stereocenters. The minimum Gasteiger partial charge on any atom is -0.277 e. The van der Waals surface area contributed by atoms with Crippen molar-refractivity contribution in [3.8, 4) is 0 Å². The molecule has 0 saturated heterocycles. The molecule has 0 radical (unpaired) electrons. The molecule has 116 valence electrons. The third kappa shape index (κ3) is 3.06. The second-order valence-corrected chi connectivity index (χ2v) is 6.40. The van der Waals surface area contributed by atoms with Gasteiger partial charge in [0.15, 0.2) is 0 Å². The van der Waals surface area contributed by atoms with Crippen LogP contribution in [0.1, 0.15) is 11.1 Å². The topological polar surface area (TPSA) is 89.3 Å². The molecule has 22 heavy (non-hydrogen) atoms. The number of aryl methyl sites for hydroxylation is 1. The molecule has 2 rings (SSSR count). The molecule has 0 spiro atoms. The van der Waals surface area contributed by atoms with Crippen molar-refractivity contribution in [2.45, 2.75) is 18.7 Å². The second kappa shape index (κ2) is 5.72. The summed E-state index contributed by atoms with van der Waals surface area (Å²) in [6.45, 7) is 3.00. The molecule has 0 heterocycles. The highest BCUT2D eigenvalue weighted by molar-refractivity contribution is 7.92. The van der Waals surface area contributed by atoms with E-state index in [4.69, 9.17) is 0 Å². The van der Waals surface area contributed by atoms with Crippen molar-refractivity contribution in [3.63, 3.8) is 0 Å². The van der Waals surface area contributed by atoms with Crippen molar-refractivity contribution in [2.75, 3.05) is 4.72 Å². The number of halogens is 1. The molecule has 0 unspecified atom stereocenters. The molecular formula is C14H13FN2O4S. The summed E-state index contributed by atoms with van der Waals surface area (Å²) >= 11 is 0. The Morgan fingerprint density at radius 3 is 2.45 bits per heavy atom. The minimum absolute atomic E-state index is 0.00693. The number of rotatable bonds is 4. The lowest BCUT2D eigenvalue weighted by Gasteiger charge is -2.11. The minimum atomic E-state index is -4.13. The fraction of sp³-hybridized carbons (Fsp3) is 0.143. The number of nitrogens with zero attached hydrogens (tertiary/aromatic N) is 1. The summed E-state index contributed by atoms with van der Waals surface area (Å²) in [7, 11) is -4.13. The average molecular weight is 324 g/mol. The monoisotopic (exact) mass is 324 g/mol. The van der Waals surface area contributed by atoms with Crippen molar-refractivity contribution in [2.24, 2.45) is 0 Å². The van der Waals surface area contributed by atoms with Gasteiger partial charge in [-0.05, 0) is 37.6 Å². The highest BCUT2D eigenvalue weighted by atomic mass is 32.2. The van der Waals surface area contributed by atoms with Crippen LogP contribution in [0.25, 0.3) is 0 Å². The summed E-state index contributed by atoms with van der Waals surface area (Å²) in [6.07, 6.45) is 0. The number of nitrogens with one attached hydrogen (secondary N) is 1. The maximum absolute atomic E-state index is 13.8. The van der Waals surface area contributed by atoms with Crippen LogP contribution in [0, 0.1) is 29.8 Å². The van der Waals surface area contributed by atoms with Crippen LogP contribution in [0.15, 0.2) is 41.3 Å². The van der Waals surface area contributed by atoms with E-state index in [0.29, 0.717) is 5.56 Å². The Bertz CT molecular complexity index is 850. The quantitative estimate of drug-likeness (QED) is 0.691. The van der Waals surface area contributed by atoms with Gasteiger partial charge in [-0.1, -0.05) is 12.1 Å². The van der Waals surface area contributed by atoms with E-state index >= 15 is 0 Å². The first-order valence-electron chi connectivity index (χ1n) is 6.25. The van der Waals surface area contributed by atoms with E-state index in [2.05, 4.69) is 4.72 Å². The zero-order chi connectivity index (χ0) is 16.5. The number of sulfonamides is 1. The van der Waals surface area contributed by atoms with E-state index in [1.807, 2.05) is 0 Å². The van der Waals surface area contributed by atoms with Gasteiger partial charge < -0.3 is 0 Å². The van der Waals surface area contributed by atoms with Gasteiger partial charge in [-0.2, -0.15) is 0 Å². The molecule has 0 saturated carbocycles. The average Bonchev–Trinajstić information content (AvgIpc) is 2.41. The highest BCUT2D eigenvalue weighted by Gasteiger charge is 2.23. The molecule has 8 heteroatoms. The zero-order valence-corrected chi connectivity index (χ0v) is 12.6. The first-order valence-corrected chi connectivity index (χ1v) is 7.73. The van der Waals surface area contributed by atoms with Crippen molar-refractivity contribution in [1.82, 2.24) is 0 Å². The normalized spacial score (nSPS) is 11.2. The Labute approximate surface area is 126 Å². The van der Waals surface area contributed by atoms with E-state index in [1.54, 1.807) is 13.0 Å². The van der Waals surface area contributed by atoms with Crippen LogP contribution < -0.4 is 4.72 Å². The first-order chi connectivity index (χ1) is 10.2. The number of anilines is 1. The SMILES string of the molecule is Cc1ccc(NS(=O)(=O)c2cccc([N+](=O)[O-])c2C)c(F)c1. The van der Waals surface area contributed by atoms with Crippen LogP contribution in [0.2, 0.25) is 0 Å². The van der Waals surface area contributed by atoms with Crippen LogP contribution in [0.3, 0.4) is 0 Å². The van der Waals surface area contributed by atoms with Crippen molar-refractivity contribution >= 4 is 21.4 Å². The fourth-order valence-corrected chi connectivity index (χ4v) is 3.32. The van der Waals surface area contributed by atoms with Gasteiger partial charge in [-0.3, -0.25) is 14.8 Å². The van der Waals surface area contributed by atoms with E-state index in [9.17, 15) is 22.9 Å². The zero-order valence-electron chi connectivity index (χ0n) is 11.8. The van der Waals surface area contributed by atoms with E-state index in [-0.39, 0.29) is 21.8 Å². The standard InChI is InChI=1S/C14H13FN2O4S/c1-9-6-7-12(11(15)8-9)16-22(20,21)14-5-3-4-13(10(14)2)17(18)19/h3-8,16H,1-2H3. The van der Waals surface area contributed by atoms with Crippen molar-refractivity contribution in [1.29, 1.82) is 0 Å². The Morgan fingerprint density at radius 2 is 1.86 bits per heavy atom. The van der Waals surface area contributed by atoms with Crippen LogP contribution in [0.4, 0.5) is 15.8 Å². The van der Waals surface area contributed by atoms with Gasteiger partial charge in [0.05, 0.1) is 15.5 Å². The lowest BCUT2D eigenvalue weighted by molar-refractivity contribution is -0.385.